The van der Waals surface area contributed by atoms with Crippen LogP contribution in [0.5, 0.6) is 0 Å². The number of aromatic nitrogens is 4. The van der Waals surface area contributed by atoms with Gasteiger partial charge in [0, 0.05) is 17.6 Å². The largest absolute Gasteiger partial charge is 0.345 e. The van der Waals surface area contributed by atoms with E-state index in [4.69, 9.17) is 0 Å². The van der Waals surface area contributed by atoms with Gasteiger partial charge in [0.1, 0.15) is 5.82 Å². The van der Waals surface area contributed by atoms with Gasteiger partial charge in [-0.3, -0.25) is 9.59 Å². The Balaban J connectivity index is 1.68. The van der Waals surface area contributed by atoms with Crippen LogP contribution in [0.1, 0.15) is 43.0 Å². The fourth-order valence-electron chi connectivity index (χ4n) is 2.63. The zero-order valence-electron chi connectivity index (χ0n) is 16.6. The zero-order valence-corrected chi connectivity index (χ0v) is 18.3. The van der Waals surface area contributed by atoms with Crippen molar-refractivity contribution >= 4 is 40.0 Å². The molecule has 11 heteroatoms. The molecule has 0 saturated heterocycles. The highest BCUT2D eigenvalue weighted by Crippen LogP contribution is 2.26. The lowest BCUT2D eigenvalue weighted by molar-refractivity contribution is -0.115. The molecule has 2 amide bonds. The smallest absolute Gasteiger partial charge is 0.254 e. The number of hydrogen-bond donors (Lipinski definition) is 2. The van der Waals surface area contributed by atoms with Crippen molar-refractivity contribution in [3.05, 3.63) is 53.0 Å². The molecule has 30 heavy (non-hydrogen) atoms. The standard InChI is InChI=1S/C19H21FN6O2S2/c1-11(2)26-15(10-22-17(28)13-6-4-5-7-14(13)20)24-25-19(26)30-12(3)16(27)23-18-21-8-9-29-18/h4-9,11-12H,10H2,1-3H3,(H,22,28)(H,21,23,27)/t12-/m1/s1. The number of carbonyl (C=O) groups is 2. The minimum absolute atomic E-state index is 0.00270. The minimum atomic E-state index is -0.586. The topological polar surface area (TPSA) is 102 Å². The van der Waals surface area contributed by atoms with Crippen LogP contribution < -0.4 is 10.6 Å². The lowest BCUT2D eigenvalue weighted by Gasteiger charge is -2.16. The van der Waals surface area contributed by atoms with E-state index >= 15 is 0 Å². The molecule has 8 nitrogen and oxygen atoms in total. The summed E-state index contributed by atoms with van der Waals surface area (Å²) in [6.45, 7) is 5.76. The Morgan fingerprint density at radius 2 is 2.00 bits per heavy atom. The first kappa shape index (κ1) is 21.9. The number of nitrogens with zero attached hydrogens (tertiary/aromatic N) is 4. The molecular weight excluding hydrogens is 427 g/mol. The van der Waals surface area contributed by atoms with Gasteiger partial charge in [0.05, 0.1) is 17.4 Å². The van der Waals surface area contributed by atoms with Gasteiger partial charge in [0.25, 0.3) is 5.91 Å². The number of amides is 2. The summed E-state index contributed by atoms with van der Waals surface area (Å²) in [4.78, 5) is 28.7. The van der Waals surface area contributed by atoms with Crippen molar-refractivity contribution in [2.24, 2.45) is 0 Å². The van der Waals surface area contributed by atoms with Crippen LogP contribution in [0.2, 0.25) is 0 Å². The van der Waals surface area contributed by atoms with E-state index in [2.05, 4.69) is 25.8 Å². The van der Waals surface area contributed by atoms with Gasteiger partial charge in [-0.2, -0.15) is 0 Å². The van der Waals surface area contributed by atoms with Crippen LogP contribution in [0.3, 0.4) is 0 Å². The maximum atomic E-state index is 13.8. The second kappa shape index (κ2) is 9.81. The van der Waals surface area contributed by atoms with E-state index in [1.165, 1.54) is 41.3 Å². The van der Waals surface area contributed by atoms with Gasteiger partial charge in [-0.1, -0.05) is 23.9 Å². The molecule has 0 saturated carbocycles. The number of nitrogens with one attached hydrogen (secondary N) is 2. The lowest BCUT2D eigenvalue weighted by atomic mass is 10.2. The molecule has 0 radical (unpaired) electrons. The molecule has 2 N–H and O–H groups in total. The molecule has 0 spiro atoms. The second-order valence-electron chi connectivity index (χ2n) is 6.61. The summed E-state index contributed by atoms with van der Waals surface area (Å²) in [7, 11) is 0. The van der Waals surface area contributed by atoms with E-state index in [-0.39, 0.29) is 24.1 Å². The summed E-state index contributed by atoms with van der Waals surface area (Å²) >= 11 is 2.61. The van der Waals surface area contributed by atoms with Crippen LogP contribution in [0, 0.1) is 5.82 Å². The van der Waals surface area contributed by atoms with Gasteiger partial charge in [-0.15, -0.1) is 21.5 Å². The third kappa shape index (κ3) is 5.22. The summed E-state index contributed by atoms with van der Waals surface area (Å²) in [5, 5.41) is 16.2. The van der Waals surface area contributed by atoms with Gasteiger partial charge in [0.15, 0.2) is 16.1 Å². The average molecular weight is 449 g/mol. The van der Waals surface area contributed by atoms with E-state index < -0.39 is 17.0 Å². The molecule has 2 aromatic heterocycles. The van der Waals surface area contributed by atoms with Gasteiger partial charge >= 0.3 is 0 Å². The van der Waals surface area contributed by atoms with Gasteiger partial charge < -0.3 is 15.2 Å². The van der Waals surface area contributed by atoms with Crippen LogP contribution in [-0.2, 0) is 11.3 Å². The van der Waals surface area contributed by atoms with Crippen molar-refractivity contribution in [1.82, 2.24) is 25.1 Å². The Kier molecular flexibility index (Phi) is 7.16. The summed E-state index contributed by atoms with van der Waals surface area (Å²) < 4.78 is 15.6. The molecule has 0 aliphatic carbocycles. The Morgan fingerprint density at radius 3 is 2.67 bits per heavy atom. The number of anilines is 1. The molecule has 0 bridgehead atoms. The molecule has 3 aromatic rings. The summed E-state index contributed by atoms with van der Waals surface area (Å²) in [6, 6.07) is 5.77. The Labute approximate surface area is 181 Å². The molecule has 158 valence electrons. The molecule has 3 rings (SSSR count). The number of halogens is 1. The summed E-state index contributed by atoms with van der Waals surface area (Å²) in [5.41, 5.74) is -0.0322. The van der Waals surface area contributed by atoms with Gasteiger partial charge in [-0.25, -0.2) is 9.37 Å². The first-order valence-electron chi connectivity index (χ1n) is 9.20. The van der Waals surface area contributed by atoms with Crippen LogP contribution in [0.4, 0.5) is 9.52 Å². The lowest BCUT2D eigenvalue weighted by Crippen LogP contribution is -2.26. The monoisotopic (exact) mass is 448 g/mol. The highest BCUT2D eigenvalue weighted by molar-refractivity contribution is 8.00. The van der Waals surface area contributed by atoms with Crippen LogP contribution in [0.15, 0.2) is 41.0 Å². The molecule has 1 atom stereocenters. The minimum Gasteiger partial charge on any atom is -0.345 e. The molecule has 2 heterocycles. The third-order valence-electron chi connectivity index (χ3n) is 4.09. The predicted octanol–water partition coefficient (Wildman–Crippen LogP) is 3.50. The number of rotatable bonds is 8. The number of thioether (sulfide) groups is 1. The number of thiazole rings is 1. The average Bonchev–Trinajstić information content (AvgIpc) is 3.36. The molecule has 1 aromatic carbocycles. The molecule has 0 fully saturated rings. The van der Waals surface area contributed by atoms with Crippen molar-refractivity contribution in [2.75, 3.05) is 5.32 Å². The number of carbonyl (C=O) groups excluding carboxylic acids is 2. The van der Waals surface area contributed by atoms with Gasteiger partial charge in [-0.05, 0) is 32.9 Å². The molecule has 0 aliphatic rings. The van der Waals surface area contributed by atoms with Crippen molar-refractivity contribution < 1.29 is 14.0 Å². The third-order valence-corrected chi connectivity index (χ3v) is 5.84. The maximum absolute atomic E-state index is 13.8. The SMILES string of the molecule is CC(C)n1c(CNC(=O)c2ccccc2F)nnc1S[C@H](C)C(=O)Nc1nccs1. The first-order valence-corrected chi connectivity index (χ1v) is 11.0. The van der Waals surface area contributed by atoms with E-state index in [0.29, 0.717) is 16.1 Å². The van der Waals surface area contributed by atoms with Crippen molar-refractivity contribution in [3.8, 4) is 0 Å². The highest BCUT2D eigenvalue weighted by atomic mass is 32.2. The van der Waals surface area contributed by atoms with Crippen LogP contribution in [0.25, 0.3) is 0 Å². The van der Waals surface area contributed by atoms with E-state index in [1.807, 2.05) is 18.4 Å². The first-order chi connectivity index (χ1) is 14.4. The second-order valence-corrected chi connectivity index (χ2v) is 8.81. The highest BCUT2D eigenvalue weighted by Gasteiger charge is 2.22. The fourth-order valence-corrected chi connectivity index (χ4v) is 4.16. The summed E-state index contributed by atoms with van der Waals surface area (Å²) in [6.07, 6.45) is 1.62. The fraction of sp³-hybridized carbons (Fsp3) is 0.316. The van der Waals surface area contributed by atoms with Crippen molar-refractivity contribution in [1.29, 1.82) is 0 Å². The van der Waals surface area contributed by atoms with Gasteiger partial charge in [0.2, 0.25) is 5.91 Å². The summed E-state index contributed by atoms with van der Waals surface area (Å²) in [5.74, 6) is -0.791. The van der Waals surface area contributed by atoms with E-state index in [1.54, 1.807) is 24.6 Å². The van der Waals surface area contributed by atoms with E-state index in [9.17, 15) is 14.0 Å². The molecule has 0 unspecified atom stereocenters. The maximum Gasteiger partial charge on any atom is 0.254 e. The van der Waals surface area contributed by atoms with Crippen molar-refractivity contribution in [3.63, 3.8) is 0 Å². The Hall–Kier alpha value is -2.79. The normalized spacial score (nSPS) is 12.0. The van der Waals surface area contributed by atoms with E-state index in [0.717, 1.165) is 0 Å². The molecular formula is C19H21FN6O2S2. The predicted molar refractivity (Wildman–Crippen MR) is 114 cm³/mol. The molecule has 0 aliphatic heterocycles. The van der Waals surface area contributed by atoms with Crippen molar-refractivity contribution in [2.45, 2.75) is 43.8 Å². The Morgan fingerprint density at radius 1 is 1.23 bits per heavy atom. The number of benzene rings is 1. The quantitative estimate of drug-likeness (QED) is 0.512. The zero-order chi connectivity index (χ0) is 21.7. The Bertz CT molecular complexity index is 1020. The van der Waals surface area contributed by atoms with Crippen LogP contribution in [-0.4, -0.2) is 36.8 Å². The van der Waals surface area contributed by atoms with Crippen LogP contribution >= 0.6 is 23.1 Å². The number of hydrogen-bond acceptors (Lipinski definition) is 7.